The fraction of sp³-hybridized carbons (Fsp3) is 0.412. The molecule has 7 nitrogen and oxygen atoms in total. The third kappa shape index (κ3) is 2.41. The second-order valence-electron chi connectivity index (χ2n) is 6.32. The van der Waals surface area contributed by atoms with Crippen LogP contribution in [-0.4, -0.2) is 39.7 Å². The first-order valence-electron chi connectivity index (χ1n) is 8.12. The number of fused-ring (bicyclic) bond motifs is 1. The molecule has 7 heteroatoms. The summed E-state index contributed by atoms with van der Waals surface area (Å²) in [7, 11) is 0. The van der Waals surface area contributed by atoms with Gasteiger partial charge in [-0.2, -0.15) is 0 Å². The van der Waals surface area contributed by atoms with E-state index in [9.17, 15) is 4.79 Å². The minimum absolute atomic E-state index is 0.0644. The normalized spacial score (nSPS) is 23.7. The van der Waals surface area contributed by atoms with Crippen molar-refractivity contribution >= 4 is 23.0 Å². The second kappa shape index (κ2) is 5.83. The van der Waals surface area contributed by atoms with Crippen LogP contribution < -0.4 is 5.73 Å². The number of H-pyrrole nitrogens is 1. The molecule has 124 valence electrons. The third-order valence-electron chi connectivity index (χ3n) is 4.65. The van der Waals surface area contributed by atoms with Crippen molar-refractivity contribution in [3.63, 3.8) is 0 Å². The molecule has 1 saturated heterocycles. The number of carbonyl (C=O) groups excluding carboxylic acids is 1. The van der Waals surface area contributed by atoms with Gasteiger partial charge in [-0.1, -0.05) is 0 Å². The fourth-order valence-electron chi connectivity index (χ4n) is 3.55. The standard InChI is InChI=1S/C17H19N5O2/c1-9-7-11(18)21-14-12(10-3-2-6-24-8-10)16(23)15(22-13(9)14)17-19-4-5-20-17/h4-5,7,10,12H,2-3,6,8H2,1H3,(H2,18,21)(H,19,20)/t10-,12?/m0/s1. The number of nitrogens with one attached hydrogen (secondary N) is 1. The molecule has 2 aromatic heterocycles. The Morgan fingerprint density at radius 2 is 2.29 bits per heavy atom. The summed E-state index contributed by atoms with van der Waals surface area (Å²) in [5, 5.41) is 0. The molecule has 0 amide bonds. The zero-order valence-electron chi connectivity index (χ0n) is 13.5. The van der Waals surface area contributed by atoms with E-state index in [4.69, 9.17) is 10.5 Å². The smallest absolute Gasteiger partial charge is 0.194 e. The number of aromatic nitrogens is 3. The van der Waals surface area contributed by atoms with Gasteiger partial charge in [0.25, 0.3) is 0 Å². The summed E-state index contributed by atoms with van der Waals surface area (Å²) in [4.78, 5) is 29.4. The Morgan fingerprint density at radius 1 is 1.42 bits per heavy atom. The maximum atomic E-state index is 13.2. The number of nitrogens with two attached hydrogens (primary N) is 1. The number of hydrogen-bond acceptors (Lipinski definition) is 6. The number of imidazole rings is 1. The minimum atomic E-state index is -0.389. The SMILES string of the molecule is Cc1cc(N)nc2c1N=C(c1ncc[nH]1)C(=O)C2[C@H]1CCCOC1. The van der Waals surface area contributed by atoms with Crippen molar-refractivity contribution in [2.75, 3.05) is 18.9 Å². The van der Waals surface area contributed by atoms with E-state index in [0.29, 0.717) is 29.7 Å². The number of carbonyl (C=O) groups is 1. The topological polar surface area (TPSA) is 106 Å². The van der Waals surface area contributed by atoms with Gasteiger partial charge in [-0.05, 0) is 37.3 Å². The summed E-state index contributed by atoms with van der Waals surface area (Å²) in [5.74, 6) is 0.533. The van der Waals surface area contributed by atoms with E-state index >= 15 is 0 Å². The average Bonchev–Trinajstić information content (AvgIpc) is 3.09. The number of rotatable bonds is 2. The van der Waals surface area contributed by atoms with Crippen molar-refractivity contribution in [2.24, 2.45) is 10.9 Å². The summed E-state index contributed by atoms with van der Waals surface area (Å²) in [5.41, 5.74) is 8.60. The van der Waals surface area contributed by atoms with Crippen LogP contribution in [0.4, 0.5) is 11.5 Å². The minimum Gasteiger partial charge on any atom is -0.384 e. The summed E-state index contributed by atoms with van der Waals surface area (Å²) >= 11 is 0. The van der Waals surface area contributed by atoms with Crippen LogP contribution in [0.25, 0.3) is 0 Å². The van der Waals surface area contributed by atoms with Crippen LogP contribution in [0.5, 0.6) is 0 Å². The Morgan fingerprint density at radius 3 is 3.00 bits per heavy atom. The molecule has 3 N–H and O–H groups in total. The molecule has 2 aliphatic heterocycles. The molecule has 2 atom stereocenters. The molecule has 0 aliphatic carbocycles. The molecule has 1 unspecified atom stereocenters. The quantitative estimate of drug-likeness (QED) is 0.877. The molecule has 2 aliphatic rings. The molecule has 0 saturated carbocycles. The number of ketones is 1. The number of aryl methyl sites for hydroxylation is 1. The number of anilines is 1. The van der Waals surface area contributed by atoms with Crippen molar-refractivity contribution < 1.29 is 9.53 Å². The van der Waals surface area contributed by atoms with Crippen molar-refractivity contribution in [1.82, 2.24) is 15.0 Å². The summed E-state index contributed by atoms with van der Waals surface area (Å²) < 4.78 is 5.61. The lowest BCUT2D eigenvalue weighted by Crippen LogP contribution is -2.36. The number of ether oxygens (including phenoxy) is 1. The molecule has 2 aromatic rings. The molecule has 1 fully saturated rings. The van der Waals surface area contributed by atoms with Gasteiger partial charge < -0.3 is 15.5 Å². The van der Waals surface area contributed by atoms with Gasteiger partial charge >= 0.3 is 0 Å². The van der Waals surface area contributed by atoms with Gasteiger partial charge in [0.05, 0.1) is 23.9 Å². The predicted octanol–water partition coefficient (Wildman–Crippen LogP) is 1.91. The molecule has 0 aromatic carbocycles. The average molecular weight is 325 g/mol. The van der Waals surface area contributed by atoms with Crippen molar-refractivity contribution in [3.8, 4) is 0 Å². The number of hydrogen-bond donors (Lipinski definition) is 2. The van der Waals surface area contributed by atoms with E-state index in [-0.39, 0.29) is 17.6 Å². The van der Waals surface area contributed by atoms with Crippen LogP contribution >= 0.6 is 0 Å². The molecule has 0 bridgehead atoms. The van der Waals surface area contributed by atoms with Gasteiger partial charge in [-0.15, -0.1) is 0 Å². The predicted molar refractivity (Wildman–Crippen MR) is 89.5 cm³/mol. The first kappa shape index (κ1) is 15.0. The summed E-state index contributed by atoms with van der Waals surface area (Å²) in [6.07, 6.45) is 5.18. The van der Waals surface area contributed by atoms with E-state index < -0.39 is 0 Å². The number of aromatic amines is 1. The lowest BCUT2D eigenvalue weighted by Gasteiger charge is -2.32. The van der Waals surface area contributed by atoms with Gasteiger partial charge in [-0.25, -0.2) is 15.0 Å². The molecule has 0 radical (unpaired) electrons. The molecular formula is C17H19N5O2. The number of aliphatic imine (C=N–C) groups is 1. The van der Waals surface area contributed by atoms with Gasteiger partial charge in [0.15, 0.2) is 11.6 Å². The first-order chi connectivity index (χ1) is 11.6. The monoisotopic (exact) mass is 325 g/mol. The largest absolute Gasteiger partial charge is 0.384 e. The van der Waals surface area contributed by atoms with Crippen LogP contribution in [-0.2, 0) is 9.53 Å². The summed E-state index contributed by atoms with van der Waals surface area (Å²) in [6, 6.07) is 1.78. The van der Waals surface area contributed by atoms with Crippen molar-refractivity contribution in [2.45, 2.75) is 25.7 Å². The highest BCUT2D eigenvalue weighted by atomic mass is 16.5. The van der Waals surface area contributed by atoms with Crippen LogP contribution in [0.1, 0.15) is 35.8 Å². The van der Waals surface area contributed by atoms with E-state index in [0.717, 1.165) is 30.7 Å². The zero-order valence-corrected chi connectivity index (χ0v) is 13.5. The Balaban J connectivity index is 1.88. The zero-order chi connectivity index (χ0) is 16.7. The van der Waals surface area contributed by atoms with Crippen molar-refractivity contribution in [1.29, 1.82) is 0 Å². The van der Waals surface area contributed by atoms with Crippen molar-refractivity contribution in [3.05, 3.63) is 35.5 Å². The molecule has 0 spiro atoms. The maximum Gasteiger partial charge on any atom is 0.194 e. The molecular weight excluding hydrogens is 306 g/mol. The highest BCUT2D eigenvalue weighted by molar-refractivity contribution is 6.48. The van der Waals surface area contributed by atoms with E-state index in [1.54, 1.807) is 18.5 Å². The van der Waals surface area contributed by atoms with E-state index in [1.807, 2.05) is 6.92 Å². The van der Waals surface area contributed by atoms with Gasteiger partial charge in [0.2, 0.25) is 0 Å². The lowest BCUT2D eigenvalue weighted by atomic mass is 9.78. The number of nitrogen functional groups attached to an aromatic ring is 1. The van der Waals surface area contributed by atoms with E-state index in [1.165, 1.54) is 0 Å². The van der Waals surface area contributed by atoms with Crippen LogP contribution in [0, 0.1) is 12.8 Å². The highest BCUT2D eigenvalue weighted by Gasteiger charge is 2.40. The van der Waals surface area contributed by atoms with Crippen LogP contribution in [0.2, 0.25) is 0 Å². The molecule has 4 heterocycles. The molecule has 4 rings (SSSR count). The van der Waals surface area contributed by atoms with Crippen LogP contribution in [0.3, 0.4) is 0 Å². The van der Waals surface area contributed by atoms with Gasteiger partial charge in [0.1, 0.15) is 11.5 Å². The van der Waals surface area contributed by atoms with Gasteiger partial charge in [-0.3, -0.25) is 4.79 Å². The Kier molecular flexibility index (Phi) is 3.65. The first-order valence-corrected chi connectivity index (χ1v) is 8.12. The fourth-order valence-corrected chi connectivity index (χ4v) is 3.55. The van der Waals surface area contributed by atoms with Crippen LogP contribution in [0.15, 0.2) is 23.5 Å². The number of Topliss-reactive ketones (excluding diaryl/α,β-unsaturated/α-hetero) is 1. The third-order valence-corrected chi connectivity index (χ3v) is 4.65. The molecule has 24 heavy (non-hydrogen) atoms. The Bertz CT molecular complexity index is 807. The Hall–Kier alpha value is -2.54. The Labute approximate surface area is 139 Å². The van der Waals surface area contributed by atoms with E-state index in [2.05, 4.69) is 19.9 Å². The maximum absolute atomic E-state index is 13.2. The van der Waals surface area contributed by atoms with Gasteiger partial charge in [0, 0.05) is 19.0 Å². The second-order valence-corrected chi connectivity index (χ2v) is 6.32. The summed E-state index contributed by atoms with van der Waals surface area (Å²) in [6.45, 7) is 3.23. The highest BCUT2D eigenvalue weighted by Crippen LogP contribution is 2.41. The number of nitrogens with zero attached hydrogens (tertiary/aromatic N) is 3. The number of pyridine rings is 1. The lowest BCUT2D eigenvalue weighted by molar-refractivity contribution is -0.116.